The zero-order valence-corrected chi connectivity index (χ0v) is 14.4. The minimum Gasteiger partial charge on any atom is -0.460 e. The Labute approximate surface area is 136 Å². The highest BCUT2D eigenvalue weighted by atomic mass is 32.2. The molecular formula is C16H25FO5S. The number of alkyl halides is 1. The molecule has 4 saturated carbocycles. The van der Waals surface area contributed by atoms with E-state index in [2.05, 4.69) is 0 Å². The van der Waals surface area contributed by atoms with Gasteiger partial charge in [-0.1, -0.05) is 0 Å². The number of esters is 1. The molecule has 4 bridgehead atoms. The van der Waals surface area contributed by atoms with E-state index in [1.807, 2.05) is 0 Å². The minimum absolute atomic E-state index is 0.478. The van der Waals surface area contributed by atoms with Crippen LogP contribution in [0.2, 0.25) is 0 Å². The van der Waals surface area contributed by atoms with Crippen molar-refractivity contribution >= 4 is 16.1 Å². The van der Waals surface area contributed by atoms with Gasteiger partial charge in [0.15, 0.2) is 0 Å². The Morgan fingerprint density at radius 3 is 2.00 bits per heavy atom. The fourth-order valence-electron chi connectivity index (χ4n) is 5.56. The van der Waals surface area contributed by atoms with E-state index in [9.17, 15) is 17.8 Å². The summed E-state index contributed by atoms with van der Waals surface area (Å²) in [6, 6.07) is 0. The summed E-state index contributed by atoms with van der Waals surface area (Å²) < 4.78 is 52.8. The average molecular weight is 348 g/mol. The lowest BCUT2D eigenvalue weighted by atomic mass is 9.48. The lowest BCUT2D eigenvalue weighted by Gasteiger charge is -2.57. The molecule has 132 valence electrons. The summed E-state index contributed by atoms with van der Waals surface area (Å²) in [5, 5.41) is -3.36. The van der Waals surface area contributed by atoms with Crippen molar-refractivity contribution in [2.45, 2.75) is 69.9 Å². The Balaban J connectivity index is 1.89. The van der Waals surface area contributed by atoms with Gasteiger partial charge < -0.3 is 4.74 Å². The molecule has 4 rings (SSSR count). The molecule has 0 aromatic rings. The van der Waals surface area contributed by atoms with Gasteiger partial charge in [-0.25, -0.2) is 9.18 Å². The van der Waals surface area contributed by atoms with Crippen LogP contribution in [0.25, 0.3) is 0 Å². The molecule has 23 heavy (non-hydrogen) atoms. The van der Waals surface area contributed by atoms with Crippen molar-refractivity contribution in [2.24, 2.45) is 23.2 Å². The van der Waals surface area contributed by atoms with Crippen LogP contribution in [0.3, 0.4) is 0 Å². The SMILES string of the molecule is CC(C)OC(=O)C(F)(CC12CC3CC(CC(C3)C1)C2)S(=O)(=O)O. The molecule has 1 atom stereocenters. The van der Waals surface area contributed by atoms with Crippen LogP contribution >= 0.6 is 0 Å². The summed E-state index contributed by atoms with van der Waals surface area (Å²) in [4.78, 5) is 12.1. The van der Waals surface area contributed by atoms with Crippen LogP contribution in [0.15, 0.2) is 0 Å². The topological polar surface area (TPSA) is 80.7 Å². The van der Waals surface area contributed by atoms with E-state index in [-0.39, 0.29) is 0 Å². The Morgan fingerprint density at radius 1 is 1.22 bits per heavy atom. The first kappa shape index (κ1) is 17.1. The molecule has 1 unspecified atom stereocenters. The van der Waals surface area contributed by atoms with Crippen LogP contribution in [0.4, 0.5) is 4.39 Å². The molecule has 7 heteroatoms. The third-order valence-electron chi connectivity index (χ3n) is 5.82. The zero-order chi connectivity index (χ0) is 17.0. The van der Waals surface area contributed by atoms with Gasteiger partial charge >= 0.3 is 21.1 Å². The van der Waals surface area contributed by atoms with E-state index in [0.29, 0.717) is 17.8 Å². The zero-order valence-electron chi connectivity index (χ0n) is 13.6. The summed E-state index contributed by atoms with van der Waals surface area (Å²) in [6.45, 7) is 3.04. The summed E-state index contributed by atoms with van der Waals surface area (Å²) in [7, 11) is -5.19. The first-order valence-corrected chi connectivity index (χ1v) is 9.84. The smallest absolute Gasteiger partial charge is 0.362 e. The maximum atomic E-state index is 15.2. The molecule has 0 aromatic heterocycles. The lowest BCUT2D eigenvalue weighted by Crippen LogP contribution is -2.53. The van der Waals surface area contributed by atoms with Crippen LogP contribution in [0.1, 0.15) is 58.8 Å². The highest BCUT2D eigenvalue weighted by Gasteiger charge is 2.61. The molecule has 1 N–H and O–H groups in total. The van der Waals surface area contributed by atoms with Crippen molar-refractivity contribution in [1.29, 1.82) is 0 Å². The van der Waals surface area contributed by atoms with E-state index < -0.39 is 39.0 Å². The van der Waals surface area contributed by atoms with Gasteiger partial charge in [0.25, 0.3) is 0 Å². The van der Waals surface area contributed by atoms with Gasteiger partial charge in [0.05, 0.1) is 6.10 Å². The van der Waals surface area contributed by atoms with Gasteiger partial charge in [0.2, 0.25) is 0 Å². The summed E-state index contributed by atoms with van der Waals surface area (Å²) in [5.74, 6) is -0.000191. The predicted octanol–water partition coefficient (Wildman–Crippen LogP) is 3.10. The number of ether oxygens (including phenoxy) is 1. The van der Waals surface area contributed by atoms with Gasteiger partial charge in [0, 0.05) is 6.42 Å². The van der Waals surface area contributed by atoms with E-state index in [1.165, 1.54) is 13.8 Å². The quantitative estimate of drug-likeness (QED) is 0.610. The average Bonchev–Trinajstić information content (AvgIpc) is 2.33. The van der Waals surface area contributed by atoms with Gasteiger partial charge in [-0.3, -0.25) is 4.55 Å². The van der Waals surface area contributed by atoms with Crippen molar-refractivity contribution < 1.29 is 26.9 Å². The van der Waals surface area contributed by atoms with E-state index >= 15 is 4.39 Å². The van der Waals surface area contributed by atoms with Crippen molar-refractivity contribution in [3.05, 3.63) is 0 Å². The summed E-state index contributed by atoms with van der Waals surface area (Å²) >= 11 is 0. The first-order chi connectivity index (χ1) is 10.5. The molecule has 4 aliphatic carbocycles. The Hall–Kier alpha value is -0.690. The third kappa shape index (κ3) is 3.02. The number of hydrogen-bond acceptors (Lipinski definition) is 4. The fraction of sp³-hybridized carbons (Fsp3) is 0.938. The second-order valence-corrected chi connectivity index (χ2v) is 9.85. The second kappa shape index (κ2) is 5.41. The molecule has 0 radical (unpaired) electrons. The fourth-order valence-corrected chi connectivity index (χ4v) is 6.31. The standard InChI is InChI=1S/C16H25FO5S/c1-10(2)22-14(18)16(17,23(19,20)21)9-15-6-11-3-12(7-15)5-13(4-11)8-15/h10-13H,3-9H2,1-2H3,(H,19,20,21). The van der Waals surface area contributed by atoms with E-state index in [1.54, 1.807) is 0 Å². The Morgan fingerprint density at radius 2 is 1.65 bits per heavy atom. The maximum Gasteiger partial charge on any atom is 0.362 e. The lowest BCUT2D eigenvalue weighted by molar-refractivity contribution is -0.161. The summed E-state index contributed by atoms with van der Waals surface area (Å²) in [6.07, 6.45) is 4.49. The van der Waals surface area contributed by atoms with Crippen LogP contribution in [0, 0.1) is 23.2 Å². The minimum atomic E-state index is -5.19. The third-order valence-corrected chi connectivity index (χ3v) is 6.95. The molecule has 0 aliphatic heterocycles. The van der Waals surface area contributed by atoms with Gasteiger partial charge in [-0.15, -0.1) is 0 Å². The second-order valence-electron chi connectivity index (χ2n) is 8.25. The van der Waals surface area contributed by atoms with Crippen molar-refractivity contribution in [1.82, 2.24) is 0 Å². The molecule has 0 amide bonds. The van der Waals surface area contributed by atoms with Crippen LogP contribution in [-0.2, 0) is 19.6 Å². The normalized spacial score (nSPS) is 38.6. The highest BCUT2D eigenvalue weighted by Crippen LogP contribution is 2.63. The van der Waals surface area contributed by atoms with E-state index in [4.69, 9.17) is 4.74 Å². The molecule has 4 aliphatic rings. The van der Waals surface area contributed by atoms with Gasteiger partial charge in [-0.2, -0.15) is 8.42 Å². The molecule has 0 aromatic carbocycles. The molecule has 0 heterocycles. The van der Waals surface area contributed by atoms with Crippen LogP contribution in [0.5, 0.6) is 0 Å². The van der Waals surface area contributed by atoms with Gasteiger partial charge in [0.1, 0.15) is 0 Å². The number of halogens is 1. The number of rotatable bonds is 5. The predicted molar refractivity (Wildman–Crippen MR) is 81.8 cm³/mol. The molecule has 4 fully saturated rings. The molecule has 5 nitrogen and oxygen atoms in total. The maximum absolute atomic E-state index is 15.2. The Bertz CT molecular complexity index is 564. The highest BCUT2D eigenvalue weighted by molar-refractivity contribution is 7.87. The number of carbonyl (C=O) groups excluding carboxylic acids is 1. The van der Waals surface area contributed by atoms with Crippen molar-refractivity contribution in [2.75, 3.05) is 0 Å². The van der Waals surface area contributed by atoms with Gasteiger partial charge in [-0.05, 0) is 75.5 Å². The van der Waals surface area contributed by atoms with E-state index in [0.717, 1.165) is 38.5 Å². The van der Waals surface area contributed by atoms with Crippen LogP contribution < -0.4 is 0 Å². The molecular weight excluding hydrogens is 323 g/mol. The van der Waals surface area contributed by atoms with Crippen LogP contribution in [-0.4, -0.2) is 30.0 Å². The van der Waals surface area contributed by atoms with Crippen molar-refractivity contribution in [3.63, 3.8) is 0 Å². The largest absolute Gasteiger partial charge is 0.460 e. The number of hydrogen-bond donors (Lipinski definition) is 1. The van der Waals surface area contributed by atoms with Crippen molar-refractivity contribution in [3.8, 4) is 0 Å². The molecule has 0 saturated heterocycles. The first-order valence-electron chi connectivity index (χ1n) is 8.40. The Kier molecular flexibility index (Phi) is 4.03. The molecule has 0 spiro atoms. The monoisotopic (exact) mass is 348 g/mol. The number of carbonyl (C=O) groups is 1. The summed E-state index contributed by atoms with van der Waals surface area (Å²) in [5.41, 5.74) is -0.505.